The fourth-order valence-electron chi connectivity index (χ4n) is 2.90. The zero-order valence-electron chi connectivity index (χ0n) is 17.5. The fourth-order valence-corrected chi connectivity index (χ4v) is 2.90. The Morgan fingerprint density at radius 2 is 1.40 bits per heavy atom. The van der Waals surface area contributed by atoms with Gasteiger partial charge in [0.15, 0.2) is 13.1 Å². The first kappa shape index (κ1) is 23.4. The van der Waals surface area contributed by atoms with Crippen LogP contribution in [0.1, 0.15) is 31.9 Å². The number of anilines is 2. The monoisotopic (exact) mass is 422 g/mol. The van der Waals surface area contributed by atoms with Gasteiger partial charge in [0.05, 0.1) is 18.3 Å². The molecule has 0 aliphatic heterocycles. The summed E-state index contributed by atoms with van der Waals surface area (Å²) in [6, 6.07) is 12.3. The van der Waals surface area contributed by atoms with Gasteiger partial charge in [-0.1, -0.05) is 45.0 Å². The first-order valence-electron chi connectivity index (χ1n) is 9.54. The molecule has 1 atom stereocenters. The summed E-state index contributed by atoms with van der Waals surface area (Å²) in [7, 11) is 1.62. The number of alkyl halides is 3. The number of carbonyl (C=O) groups is 2. The molecular weight excluding hydrogens is 395 g/mol. The Balaban J connectivity index is 1.89. The fraction of sp³-hybridized carbons (Fsp3) is 0.364. The van der Waals surface area contributed by atoms with Crippen LogP contribution in [0.5, 0.6) is 0 Å². The number of amides is 2. The summed E-state index contributed by atoms with van der Waals surface area (Å²) >= 11 is 0. The van der Waals surface area contributed by atoms with Crippen LogP contribution >= 0.6 is 0 Å². The molecule has 2 aromatic carbocycles. The molecule has 2 amide bonds. The maximum Gasteiger partial charge on any atom is 0.418 e. The number of halogens is 3. The number of likely N-dealkylation sites (N-methyl/N-ethyl adjacent to an activating group) is 1. The van der Waals surface area contributed by atoms with Crippen LogP contribution in [0.2, 0.25) is 0 Å². The lowest BCUT2D eigenvalue weighted by Gasteiger charge is -2.19. The highest BCUT2D eigenvalue weighted by Gasteiger charge is 2.33. The van der Waals surface area contributed by atoms with Crippen LogP contribution in [0.3, 0.4) is 0 Å². The Labute approximate surface area is 174 Å². The Bertz CT molecular complexity index is 888. The molecule has 0 aromatic heterocycles. The van der Waals surface area contributed by atoms with Gasteiger partial charge in [-0.15, -0.1) is 0 Å². The summed E-state index contributed by atoms with van der Waals surface area (Å²) < 4.78 is 39.1. The molecule has 0 radical (unpaired) electrons. The molecule has 8 heteroatoms. The van der Waals surface area contributed by atoms with Gasteiger partial charge < -0.3 is 15.5 Å². The van der Waals surface area contributed by atoms with Gasteiger partial charge in [0, 0.05) is 5.69 Å². The Kier molecular flexibility index (Phi) is 7.25. The second-order valence-corrected chi connectivity index (χ2v) is 8.28. The average molecular weight is 422 g/mol. The summed E-state index contributed by atoms with van der Waals surface area (Å²) in [6.45, 7) is 6.13. The standard InChI is InChI=1S/C22H26F3N3O2/c1-21(2,3)15-9-11-16(12-10-15)26-19(29)13-28(4)14-20(30)27-18-8-6-5-7-17(18)22(23,24)25/h5-12H,13-14H2,1-4H3,(H,26,29)(H,27,30)/p+1. The lowest BCUT2D eigenvalue weighted by atomic mass is 9.87. The minimum Gasteiger partial charge on any atom is -0.322 e. The van der Waals surface area contributed by atoms with Crippen molar-refractivity contribution in [3.05, 3.63) is 59.7 Å². The normalized spacial score (nSPS) is 12.9. The molecule has 2 aromatic rings. The van der Waals surface area contributed by atoms with Gasteiger partial charge in [-0.05, 0) is 35.2 Å². The lowest BCUT2D eigenvalue weighted by Crippen LogP contribution is -3.11. The summed E-state index contributed by atoms with van der Waals surface area (Å²) in [4.78, 5) is 24.9. The van der Waals surface area contributed by atoms with Crippen molar-refractivity contribution in [2.75, 3.05) is 30.8 Å². The van der Waals surface area contributed by atoms with E-state index in [1.165, 1.54) is 18.2 Å². The average Bonchev–Trinajstić information content (AvgIpc) is 2.60. The molecule has 0 aliphatic carbocycles. The minimum absolute atomic E-state index is 0.00460. The van der Waals surface area contributed by atoms with E-state index in [-0.39, 0.29) is 30.1 Å². The maximum atomic E-state index is 13.0. The van der Waals surface area contributed by atoms with Crippen LogP contribution in [-0.2, 0) is 21.2 Å². The van der Waals surface area contributed by atoms with Gasteiger partial charge >= 0.3 is 6.18 Å². The quantitative estimate of drug-likeness (QED) is 0.670. The highest BCUT2D eigenvalue weighted by Crippen LogP contribution is 2.34. The predicted molar refractivity (Wildman–Crippen MR) is 110 cm³/mol. The number of benzene rings is 2. The second-order valence-electron chi connectivity index (χ2n) is 8.28. The molecule has 0 bridgehead atoms. The zero-order chi connectivity index (χ0) is 22.5. The van der Waals surface area contributed by atoms with Crippen LogP contribution in [-0.4, -0.2) is 32.0 Å². The number of rotatable bonds is 6. The van der Waals surface area contributed by atoms with Crippen LogP contribution in [0.25, 0.3) is 0 Å². The van der Waals surface area contributed by atoms with Gasteiger partial charge in [-0.3, -0.25) is 9.59 Å². The van der Waals surface area contributed by atoms with Gasteiger partial charge in [0.25, 0.3) is 11.8 Å². The molecule has 30 heavy (non-hydrogen) atoms. The SMILES string of the molecule is C[NH+](CC(=O)Nc1ccc(C(C)(C)C)cc1)CC(=O)Nc1ccccc1C(F)(F)F. The number of carbonyl (C=O) groups excluding carboxylic acids is 2. The van der Waals surface area contributed by atoms with E-state index < -0.39 is 17.6 Å². The van der Waals surface area contributed by atoms with Gasteiger partial charge in [-0.25, -0.2) is 0 Å². The van der Waals surface area contributed by atoms with E-state index in [4.69, 9.17) is 0 Å². The third-order valence-corrected chi connectivity index (χ3v) is 4.47. The summed E-state index contributed by atoms with van der Waals surface area (Å²) in [5.41, 5.74) is 0.576. The van der Waals surface area contributed by atoms with Crippen molar-refractivity contribution >= 4 is 23.2 Å². The van der Waals surface area contributed by atoms with Crippen molar-refractivity contribution in [3.63, 3.8) is 0 Å². The van der Waals surface area contributed by atoms with Crippen molar-refractivity contribution < 1.29 is 27.7 Å². The predicted octanol–water partition coefficient (Wildman–Crippen LogP) is 3.09. The van der Waals surface area contributed by atoms with Crippen LogP contribution in [0.15, 0.2) is 48.5 Å². The third kappa shape index (κ3) is 6.88. The Morgan fingerprint density at radius 3 is 1.93 bits per heavy atom. The largest absolute Gasteiger partial charge is 0.418 e. The van der Waals surface area contributed by atoms with E-state index in [0.29, 0.717) is 10.6 Å². The number of quaternary nitrogens is 1. The van der Waals surface area contributed by atoms with Gasteiger partial charge in [0.1, 0.15) is 0 Å². The van der Waals surface area contributed by atoms with E-state index in [1.807, 2.05) is 24.3 Å². The molecule has 3 N–H and O–H groups in total. The molecule has 162 valence electrons. The van der Waals surface area contributed by atoms with E-state index in [1.54, 1.807) is 7.05 Å². The Hall–Kier alpha value is -2.87. The molecule has 1 unspecified atom stereocenters. The highest BCUT2D eigenvalue weighted by atomic mass is 19.4. The molecular formula is C22H27F3N3O2+. The molecule has 0 heterocycles. The highest BCUT2D eigenvalue weighted by molar-refractivity contribution is 5.93. The van der Waals surface area contributed by atoms with E-state index in [9.17, 15) is 22.8 Å². The van der Waals surface area contributed by atoms with Crippen LogP contribution in [0.4, 0.5) is 24.5 Å². The van der Waals surface area contributed by atoms with Gasteiger partial charge in [-0.2, -0.15) is 13.2 Å². The first-order chi connectivity index (χ1) is 13.9. The third-order valence-electron chi connectivity index (χ3n) is 4.47. The summed E-state index contributed by atoms with van der Waals surface area (Å²) in [6.07, 6.45) is -4.56. The van der Waals surface area contributed by atoms with E-state index >= 15 is 0 Å². The molecule has 0 aliphatic rings. The van der Waals surface area contributed by atoms with Crippen molar-refractivity contribution in [3.8, 4) is 0 Å². The van der Waals surface area contributed by atoms with Crippen molar-refractivity contribution in [1.82, 2.24) is 0 Å². The minimum atomic E-state index is -4.56. The van der Waals surface area contributed by atoms with Crippen molar-refractivity contribution in [2.45, 2.75) is 32.4 Å². The Morgan fingerprint density at radius 1 is 0.867 bits per heavy atom. The number of hydrogen-bond donors (Lipinski definition) is 3. The van der Waals surface area contributed by atoms with Crippen LogP contribution in [0, 0.1) is 0 Å². The maximum absolute atomic E-state index is 13.0. The summed E-state index contributed by atoms with van der Waals surface area (Å²) in [5, 5.41) is 5.04. The second kappa shape index (κ2) is 9.30. The van der Waals surface area contributed by atoms with Gasteiger partial charge in [0.2, 0.25) is 0 Å². The van der Waals surface area contributed by atoms with Crippen LogP contribution < -0.4 is 15.5 Å². The number of nitrogens with one attached hydrogen (secondary N) is 3. The molecule has 2 rings (SSSR count). The summed E-state index contributed by atoms with van der Waals surface area (Å²) in [5.74, 6) is -0.897. The first-order valence-corrected chi connectivity index (χ1v) is 9.54. The van der Waals surface area contributed by atoms with E-state index in [0.717, 1.165) is 11.6 Å². The zero-order valence-corrected chi connectivity index (χ0v) is 17.5. The smallest absolute Gasteiger partial charge is 0.322 e. The molecule has 5 nitrogen and oxygen atoms in total. The topological polar surface area (TPSA) is 62.6 Å². The molecule has 0 saturated carbocycles. The van der Waals surface area contributed by atoms with Crippen molar-refractivity contribution in [1.29, 1.82) is 0 Å². The molecule has 0 fully saturated rings. The molecule has 0 spiro atoms. The number of para-hydroxylation sites is 1. The lowest BCUT2D eigenvalue weighted by molar-refractivity contribution is -0.862. The van der Waals surface area contributed by atoms with Crippen molar-refractivity contribution in [2.24, 2.45) is 0 Å². The van der Waals surface area contributed by atoms with E-state index in [2.05, 4.69) is 31.4 Å². The molecule has 0 saturated heterocycles. The number of hydrogen-bond acceptors (Lipinski definition) is 2.